The van der Waals surface area contributed by atoms with E-state index in [0.717, 1.165) is 44.7 Å². The Morgan fingerprint density at radius 1 is 1.08 bits per heavy atom. The average Bonchev–Trinajstić information content (AvgIpc) is 3.50. The molecule has 2 N–H and O–H groups in total. The van der Waals surface area contributed by atoms with Crippen LogP contribution >= 0.6 is 0 Å². The molecule has 0 radical (unpaired) electrons. The zero-order valence-corrected chi connectivity index (χ0v) is 16.2. The molecule has 1 aromatic rings. The van der Waals surface area contributed by atoms with Crippen LogP contribution in [0.5, 0.6) is 0 Å². The van der Waals surface area contributed by atoms with Crippen molar-refractivity contribution >= 4 is 5.96 Å². The summed E-state index contributed by atoms with van der Waals surface area (Å²) < 4.78 is 5.64. The zero-order valence-electron chi connectivity index (χ0n) is 16.2. The molecule has 1 saturated heterocycles. The monoisotopic (exact) mass is 358 g/mol. The topological polar surface area (TPSA) is 48.9 Å². The summed E-state index contributed by atoms with van der Waals surface area (Å²) in [4.78, 5) is 6.84. The quantitative estimate of drug-likeness (QED) is 0.405. The zero-order chi connectivity index (χ0) is 18.0. The number of aliphatic imine (C=N–C) groups is 1. The van der Waals surface area contributed by atoms with E-state index in [0.29, 0.717) is 0 Å². The molecule has 1 aromatic carbocycles. The Balaban J connectivity index is 1.33. The van der Waals surface area contributed by atoms with Gasteiger partial charge in [-0.05, 0) is 55.8 Å². The van der Waals surface area contributed by atoms with E-state index in [9.17, 15) is 0 Å². The molecular formula is C21H34N4O. The van der Waals surface area contributed by atoms with Crippen LogP contribution in [0, 0.1) is 5.92 Å². The van der Waals surface area contributed by atoms with E-state index in [1.54, 1.807) is 0 Å². The van der Waals surface area contributed by atoms with Crippen LogP contribution in [-0.2, 0) is 17.8 Å². The minimum atomic E-state index is 0.738. The number of nitrogens with one attached hydrogen (secondary N) is 2. The SMILES string of the molecule is CN=C(NCCOCC1CC1)NCc1ccc(CN2CCCCC2)cc1. The maximum Gasteiger partial charge on any atom is 0.191 e. The van der Waals surface area contributed by atoms with Crippen molar-refractivity contribution in [2.45, 2.75) is 45.2 Å². The minimum Gasteiger partial charge on any atom is -0.379 e. The van der Waals surface area contributed by atoms with Crippen molar-refractivity contribution < 1.29 is 4.74 Å². The van der Waals surface area contributed by atoms with Gasteiger partial charge in [-0.3, -0.25) is 9.89 Å². The van der Waals surface area contributed by atoms with Crippen molar-refractivity contribution in [3.8, 4) is 0 Å². The van der Waals surface area contributed by atoms with Gasteiger partial charge in [0.25, 0.3) is 0 Å². The van der Waals surface area contributed by atoms with E-state index in [4.69, 9.17) is 4.74 Å². The fourth-order valence-corrected chi connectivity index (χ4v) is 3.32. The van der Waals surface area contributed by atoms with E-state index < -0.39 is 0 Å². The Bertz CT molecular complexity index is 548. The highest BCUT2D eigenvalue weighted by molar-refractivity contribution is 5.79. The number of ether oxygens (including phenoxy) is 1. The molecule has 5 nitrogen and oxygen atoms in total. The van der Waals surface area contributed by atoms with Gasteiger partial charge in [-0.15, -0.1) is 0 Å². The predicted octanol–water partition coefficient (Wildman–Crippen LogP) is 2.76. The maximum atomic E-state index is 5.64. The molecule has 1 heterocycles. The van der Waals surface area contributed by atoms with Crippen LogP contribution in [0.2, 0.25) is 0 Å². The molecule has 2 fully saturated rings. The van der Waals surface area contributed by atoms with Crippen molar-refractivity contribution in [3.63, 3.8) is 0 Å². The number of nitrogens with zero attached hydrogens (tertiary/aromatic N) is 2. The van der Waals surface area contributed by atoms with E-state index >= 15 is 0 Å². The summed E-state index contributed by atoms with van der Waals surface area (Å²) in [6, 6.07) is 8.96. The molecule has 144 valence electrons. The van der Waals surface area contributed by atoms with Crippen molar-refractivity contribution in [1.29, 1.82) is 0 Å². The molecule has 26 heavy (non-hydrogen) atoms. The molecule has 0 aromatic heterocycles. The number of likely N-dealkylation sites (tertiary alicyclic amines) is 1. The number of guanidine groups is 1. The minimum absolute atomic E-state index is 0.738. The van der Waals surface area contributed by atoms with Crippen LogP contribution in [0.3, 0.4) is 0 Å². The van der Waals surface area contributed by atoms with Gasteiger partial charge < -0.3 is 15.4 Å². The summed E-state index contributed by atoms with van der Waals surface area (Å²) in [6.07, 6.45) is 6.77. The molecule has 2 aliphatic rings. The molecule has 0 bridgehead atoms. The van der Waals surface area contributed by atoms with Crippen molar-refractivity contribution in [3.05, 3.63) is 35.4 Å². The molecule has 1 saturated carbocycles. The lowest BCUT2D eigenvalue weighted by molar-refractivity contribution is 0.129. The Labute approximate surface area is 158 Å². The van der Waals surface area contributed by atoms with E-state index in [2.05, 4.69) is 44.8 Å². The molecule has 1 aliphatic carbocycles. The average molecular weight is 359 g/mol. The van der Waals surface area contributed by atoms with Crippen molar-refractivity contribution in [2.75, 3.05) is 39.9 Å². The van der Waals surface area contributed by atoms with Gasteiger partial charge in [0.15, 0.2) is 5.96 Å². The largest absolute Gasteiger partial charge is 0.379 e. The molecule has 0 atom stereocenters. The Kier molecular flexibility index (Phi) is 7.77. The van der Waals surface area contributed by atoms with Gasteiger partial charge in [0.1, 0.15) is 0 Å². The predicted molar refractivity (Wildman–Crippen MR) is 107 cm³/mol. The van der Waals surface area contributed by atoms with Crippen molar-refractivity contribution in [1.82, 2.24) is 15.5 Å². The Morgan fingerprint density at radius 2 is 1.81 bits per heavy atom. The fraction of sp³-hybridized carbons (Fsp3) is 0.667. The first-order valence-corrected chi connectivity index (χ1v) is 10.2. The van der Waals surface area contributed by atoms with Gasteiger partial charge in [-0.1, -0.05) is 30.7 Å². The first kappa shape index (κ1) is 19.2. The second kappa shape index (κ2) is 10.5. The van der Waals surface area contributed by atoms with E-state index in [1.807, 2.05) is 7.05 Å². The number of hydrogen-bond donors (Lipinski definition) is 2. The number of hydrogen-bond acceptors (Lipinski definition) is 3. The lowest BCUT2D eigenvalue weighted by Gasteiger charge is -2.26. The van der Waals surface area contributed by atoms with E-state index in [1.165, 1.54) is 56.3 Å². The van der Waals surface area contributed by atoms with Crippen LogP contribution in [0.15, 0.2) is 29.3 Å². The van der Waals surface area contributed by atoms with E-state index in [-0.39, 0.29) is 0 Å². The third-order valence-corrected chi connectivity index (χ3v) is 5.15. The highest BCUT2D eigenvalue weighted by Crippen LogP contribution is 2.28. The van der Waals surface area contributed by atoms with Crippen LogP contribution in [0.4, 0.5) is 0 Å². The van der Waals surface area contributed by atoms with Gasteiger partial charge in [-0.25, -0.2) is 0 Å². The van der Waals surface area contributed by atoms with Crippen LogP contribution in [0.25, 0.3) is 0 Å². The molecule has 1 aliphatic heterocycles. The second-order valence-corrected chi connectivity index (χ2v) is 7.52. The Hall–Kier alpha value is -1.59. The second-order valence-electron chi connectivity index (χ2n) is 7.52. The van der Waals surface area contributed by atoms with Gasteiger partial charge in [0, 0.05) is 33.3 Å². The maximum absolute atomic E-state index is 5.64. The van der Waals surface area contributed by atoms with Gasteiger partial charge in [-0.2, -0.15) is 0 Å². The van der Waals surface area contributed by atoms with Gasteiger partial charge >= 0.3 is 0 Å². The molecule has 3 rings (SSSR count). The Morgan fingerprint density at radius 3 is 2.50 bits per heavy atom. The van der Waals surface area contributed by atoms with Crippen LogP contribution in [0.1, 0.15) is 43.2 Å². The molecule has 5 heteroatoms. The number of piperidine rings is 1. The standard InChI is InChI=1S/C21H34N4O/c1-22-21(23-11-14-26-17-20-9-10-20)24-15-18-5-7-19(8-6-18)16-25-12-3-2-4-13-25/h5-8,20H,2-4,9-17H2,1H3,(H2,22,23,24). The molecule has 0 amide bonds. The number of rotatable bonds is 9. The summed E-state index contributed by atoms with van der Waals surface area (Å²) >= 11 is 0. The normalized spacial score (nSPS) is 18.7. The third kappa shape index (κ3) is 6.96. The summed E-state index contributed by atoms with van der Waals surface area (Å²) in [6.45, 7) is 6.80. The molecule has 0 spiro atoms. The molecular weight excluding hydrogens is 324 g/mol. The van der Waals surface area contributed by atoms with Crippen molar-refractivity contribution in [2.24, 2.45) is 10.9 Å². The summed E-state index contributed by atoms with van der Waals surface area (Å²) in [7, 11) is 1.81. The smallest absolute Gasteiger partial charge is 0.191 e. The summed E-state index contributed by atoms with van der Waals surface area (Å²) in [5, 5.41) is 6.68. The summed E-state index contributed by atoms with van der Waals surface area (Å²) in [5.74, 6) is 1.66. The molecule has 0 unspecified atom stereocenters. The number of benzene rings is 1. The van der Waals surface area contributed by atoms with Crippen LogP contribution in [-0.4, -0.2) is 50.8 Å². The lowest BCUT2D eigenvalue weighted by atomic mass is 10.1. The van der Waals surface area contributed by atoms with Gasteiger partial charge in [0.05, 0.1) is 6.61 Å². The third-order valence-electron chi connectivity index (χ3n) is 5.15. The lowest BCUT2D eigenvalue weighted by Crippen LogP contribution is -2.38. The fourth-order valence-electron chi connectivity index (χ4n) is 3.32. The first-order valence-electron chi connectivity index (χ1n) is 10.2. The summed E-state index contributed by atoms with van der Waals surface area (Å²) in [5.41, 5.74) is 2.69. The van der Waals surface area contributed by atoms with Crippen LogP contribution < -0.4 is 10.6 Å². The first-order chi connectivity index (χ1) is 12.8. The van der Waals surface area contributed by atoms with Gasteiger partial charge in [0.2, 0.25) is 0 Å². The highest BCUT2D eigenvalue weighted by atomic mass is 16.5. The highest BCUT2D eigenvalue weighted by Gasteiger charge is 2.20.